The van der Waals surface area contributed by atoms with Gasteiger partial charge < -0.3 is 4.74 Å². The molecule has 2 N–H and O–H groups in total. The molecule has 0 saturated heterocycles. The van der Waals surface area contributed by atoms with Crippen LogP contribution in [0.3, 0.4) is 0 Å². The average Bonchev–Trinajstić information content (AvgIpc) is 3.08. The van der Waals surface area contributed by atoms with E-state index in [0.29, 0.717) is 12.2 Å². The molecular formula is C10H13N3O4S. The smallest absolute Gasteiger partial charge is 0.342 e. The summed E-state index contributed by atoms with van der Waals surface area (Å²) in [6.07, 6.45) is 2.24. The van der Waals surface area contributed by atoms with E-state index < -0.39 is 11.2 Å². The molecule has 0 bridgehead atoms. The van der Waals surface area contributed by atoms with E-state index in [2.05, 4.69) is 19.9 Å². The molecule has 1 aliphatic rings. The maximum Gasteiger partial charge on any atom is 0.342 e. The number of aromatic nitrogens is 3. The molecule has 0 amide bonds. The monoisotopic (exact) mass is 271 g/mol. The van der Waals surface area contributed by atoms with Crippen LogP contribution in [-0.4, -0.2) is 34.0 Å². The Balaban J connectivity index is 1.97. The van der Waals surface area contributed by atoms with Gasteiger partial charge in [0.1, 0.15) is 0 Å². The van der Waals surface area contributed by atoms with Crippen LogP contribution in [0.2, 0.25) is 0 Å². The van der Waals surface area contributed by atoms with E-state index in [1.54, 1.807) is 0 Å². The molecule has 0 aliphatic heterocycles. The lowest BCUT2D eigenvalue weighted by Gasteiger charge is -2.11. The largest absolute Gasteiger partial charge is 0.469 e. The molecule has 8 heteroatoms. The van der Waals surface area contributed by atoms with Gasteiger partial charge in [0.2, 0.25) is 0 Å². The molecule has 0 atom stereocenters. The number of H-pyrrole nitrogens is 2. The van der Waals surface area contributed by atoms with Crippen LogP contribution in [0.5, 0.6) is 0 Å². The van der Waals surface area contributed by atoms with Crippen molar-refractivity contribution in [3.63, 3.8) is 0 Å². The summed E-state index contributed by atoms with van der Waals surface area (Å²) >= 11 is 1.24. The maximum atomic E-state index is 11.4. The normalized spacial score (nSPS) is 16.3. The van der Waals surface area contributed by atoms with Crippen molar-refractivity contribution in [2.24, 2.45) is 5.41 Å². The third-order valence-corrected chi connectivity index (χ3v) is 4.21. The second-order valence-corrected chi connectivity index (χ2v) is 5.32. The van der Waals surface area contributed by atoms with E-state index >= 15 is 0 Å². The lowest BCUT2D eigenvalue weighted by atomic mass is 10.1. The quantitative estimate of drug-likeness (QED) is 0.572. The van der Waals surface area contributed by atoms with Crippen LogP contribution in [-0.2, 0) is 9.53 Å². The van der Waals surface area contributed by atoms with Crippen LogP contribution in [0, 0.1) is 5.41 Å². The number of aromatic amines is 2. The first-order valence-corrected chi connectivity index (χ1v) is 6.42. The molecule has 0 spiro atoms. The molecule has 2 rings (SSSR count). The van der Waals surface area contributed by atoms with Crippen molar-refractivity contribution in [1.29, 1.82) is 0 Å². The summed E-state index contributed by atoms with van der Waals surface area (Å²) in [6.45, 7) is 0. The highest BCUT2D eigenvalue weighted by atomic mass is 32.2. The molecule has 1 aliphatic carbocycles. The van der Waals surface area contributed by atoms with Crippen LogP contribution < -0.4 is 11.2 Å². The van der Waals surface area contributed by atoms with Crippen molar-refractivity contribution in [2.75, 3.05) is 12.9 Å². The van der Waals surface area contributed by atoms with Crippen molar-refractivity contribution in [3.8, 4) is 0 Å². The third kappa shape index (κ3) is 3.00. The minimum Gasteiger partial charge on any atom is -0.469 e. The first-order chi connectivity index (χ1) is 8.54. The number of hydrogen-bond donors (Lipinski definition) is 2. The summed E-state index contributed by atoms with van der Waals surface area (Å²) in [4.78, 5) is 35.5. The zero-order valence-electron chi connectivity index (χ0n) is 9.82. The molecule has 18 heavy (non-hydrogen) atoms. The molecule has 0 unspecified atom stereocenters. The van der Waals surface area contributed by atoms with Gasteiger partial charge in [0.25, 0.3) is 5.56 Å². The summed E-state index contributed by atoms with van der Waals surface area (Å²) < 4.78 is 4.64. The Labute approximate surface area is 106 Å². The van der Waals surface area contributed by atoms with Gasteiger partial charge in [-0.15, -0.1) is 0 Å². The summed E-state index contributed by atoms with van der Waals surface area (Å²) in [5.74, 6) is 0.376. The molecular weight excluding hydrogens is 258 g/mol. The van der Waals surface area contributed by atoms with Crippen molar-refractivity contribution < 1.29 is 9.53 Å². The Hall–Kier alpha value is -1.57. The number of methoxy groups -OCH3 is 1. The van der Waals surface area contributed by atoms with Gasteiger partial charge in [-0.2, -0.15) is 5.10 Å². The number of ether oxygens (including phenoxy) is 1. The Morgan fingerprint density at radius 2 is 2.22 bits per heavy atom. The molecule has 0 radical (unpaired) electrons. The summed E-state index contributed by atoms with van der Waals surface area (Å²) in [5.41, 5.74) is -1.21. The molecule has 1 saturated carbocycles. The van der Waals surface area contributed by atoms with Crippen molar-refractivity contribution in [3.05, 3.63) is 20.8 Å². The Kier molecular flexibility index (Phi) is 3.55. The van der Waals surface area contributed by atoms with Crippen molar-refractivity contribution in [1.82, 2.24) is 15.2 Å². The first kappa shape index (κ1) is 12.9. The van der Waals surface area contributed by atoms with E-state index in [4.69, 9.17) is 0 Å². The number of carbonyl (C=O) groups is 1. The summed E-state index contributed by atoms with van der Waals surface area (Å²) in [5, 5.41) is 6.06. The Morgan fingerprint density at radius 3 is 2.78 bits per heavy atom. The summed E-state index contributed by atoms with van der Waals surface area (Å²) in [7, 11) is 1.36. The van der Waals surface area contributed by atoms with Gasteiger partial charge in [0, 0.05) is 5.75 Å². The SMILES string of the molecule is COC(=O)CC1(CSc2n[nH]c(=O)[nH]c2=O)CC1. The first-order valence-electron chi connectivity index (χ1n) is 5.43. The number of rotatable bonds is 5. The topological polar surface area (TPSA) is 105 Å². The molecule has 1 aromatic heterocycles. The zero-order chi connectivity index (χ0) is 13.2. The second-order valence-electron chi connectivity index (χ2n) is 4.35. The lowest BCUT2D eigenvalue weighted by Crippen LogP contribution is -2.25. The number of nitrogens with zero attached hydrogens (tertiary/aromatic N) is 1. The highest BCUT2D eigenvalue weighted by Gasteiger charge is 2.44. The fourth-order valence-electron chi connectivity index (χ4n) is 1.58. The molecule has 1 heterocycles. The van der Waals surface area contributed by atoms with Crippen LogP contribution in [0.25, 0.3) is 0 Å². The van der Waals surface area contributed by atoms with Gasteiger partial charge in [-0.25, -0.2) is 9.89 Å². The zero-order valence-corrected chi connectivity index (χ0v) is 10.6. The van der Waals surface area contributed by atoms with E-state index in [-0.39, 0.29) is 16.4 Å². The molecule has 7 nitrogen and oxygen atoms in total. The minimum absolute atomic E-state index is 0.0813. The predicted octanol–water partition coefficient (Wildman–Crippen LogP) is -0.106. The standard InChI is InChI=1S/C10H13N3O4S/c1-17-6(14)4-10(2-3-10)5-18-8-7(15)11-9(16)13-12-8/h2-5H2,1H3,(H2,11,13,15,16). The Morgan fingerprint density at radius 1 is 1.50 bits per heavy atom. The van der Waals surface area contributed by atoms with Gasteiger partial charge in [-0.05, 0) is 18.3 Å². The molecule has 1 aromatic rings. The maximum absolute atomic E-state index is 11.4. The highest BCUT2D eigenvalue weighted by molar-refractivity contribution is 7.99. The average molecular weight is 271 g/mol. The third-order valence-electron chi connectivity index (χ3n) is 2.90. The predicted molar refractivity (Wildman–Crippen MR) is 64.5 cm³/mol. The van der Waals surface area contributed by atoms with E-state index in [1.807, 2.05) is 0 Å². The van der Waals surface area contributed by atoms with Crippen LogP contribution in [0.1, 0.15) is 19.3 Å². The highest BCUT2D eigenvalue weighted by Crippen LogP contribution is 2.51. The van der Waals surface area contributed by atoms with Gasteiger partial charge in [-0.3, -0.25) is 14.6 Å². The number of carbonyl (C=O) groups excluding carboxylic acids is 1. The van der Waals surface area contributed by atoms with Crippen LogP contribution in [0.4, 0.5) is 0 Å². The molecule has 1 fully saturated rings. The van der Waals surface area contributed by atoms with Crippen molar-refractivity contribution in [2.45, 2.75) is 24.3 Å². The van der Waals surface area contributed by atoms with Gasteiger partial charge in [-0.1, -0.05) is 11.8 Å². The van der Waals surface area contributed by atoms with E-state index in [1.165, 1.54) is 18.9 Å². The van der Waals surface area contributed by atoms with Crippen LogP contribution in [0.15, 0.2) is 14.6 Å². The van der Waals surface area contributed by atoms with Gasteiger partial charge in [0.15, 0.2) is 5.03 Å². The molecule has 0 aromatic carbocycles. The lowest BCUT2D eigenvalue weighted by molar-refractivity contribution is -0.141. The Bertz CT molecular complexity index is 561. The number of nitrogens with one attached hydrogen (secondary N) is 2. The van der Waals surface area contributed by atoms with Crippen LogP contribution >= 0.6 is 11.8 Å². The second kappa shape index (κ2) is 4.97. The van der Waals surface area contributed by atoms with Gasteiger partial charge in [0.05, 0.1) is 13.5 Å². The minimum atomic E-state index is -0.625. The number of esters is 1. The fraction of sp³-hybridized carbons (Fsp3) is 0.600. The summed E-state index contributed by atoms with van der Waals surface area (Å²) in [6, 6.07) is 0. The number of hydrogen-bond acceptors (Lipinski definition) is 6. The fourth-order valence-corrected chi connectivity index (χ4v) is 2.71. The van der Waals surface area contributed by atoms with E-state index in [9.17, 15) is 14.4 Å². The van der Waals surface area contributed by atoms with E-state index in [0.717, 1.165) is 12.8 Å². The van der Waals surface area contributed by atoms with Gasteiger partial charge >= 0.3 is 11.7 Å². The molecule has 98 valence electrons. The number of thioether (sulfide) groups is 1. The van der Waals surface area contributed by atoms with Crippen molar-refractivity contribution >= 4 is 17.7 Å².